The number of nitrogens with zero attached hydrogens (tertiary/aromatic N) is 3. The summed E-state index contributed by atoms with van der Waals surface area (Å²) in [5.74, 6) is 0.0183. The van der Waals surface area contributed by atoms with Gasteiger partial charge in [-0.05, 0) is 43.9 Å². The topological polar surface area (TPSA) is 64.2 Å². The van der Waals surface area contributed by atoms with E-state index in [1.54, 1.807) is 11.0 Å². The van der Waals surface area contributed by atoms with Gasteiger partial charge in [0.15, 0.2) is 0 Å². The third-order valence-electron chi connectivity index (χ3n) is 5.16. The lowest BCUT2D eigenvalue weighted by Gasteiger charge is -2.30. The van der Waals surface area contributed by atoms with Crippen LogP contribution in [-0.4, -0.2) is 39.7 Å². The van der Waals surface area contributed by atoms with Crippen LogP contribution in [0.2, 0.25) is 0 Å². The summed E-state index contributed by atoms with van der Waals surface area (Å²) < 4.78 is 40.7. The molecule has 1 unspecified atom stereocenters. The molecule has 1 saturated carbocycles. The van der Waals surface area contributed by atoms with Crippen molar-refractivity contribution in [3.8, 4) is 5.69 Å². The van der Waals surface area contributed by atoms with Gasteiger partial charge in [0, 0.05) is 25.0 Å². The van der Waals surface area contributed by atoms with Crippen molar-refractivity contribution in [2.24, 2.45) is 5.73 Å². The Kier molecular flexibility index (Phi) is 4.46. The van der Waals surface area contributed by atoms with E-state index in [4.69, 9.17) is 5.73 Å². The zero-order chi connectivity index (χ0) is 19.2. The first-order valence-corrected chi connectivity index (χ1v) is 9.15. The molecule has 4 rings (SSSR count). The molecule has 0 radical (unpaired) electrons. The molecule has 2 aromatic rings. The summed E-state index contributed by atoms with van der Waals surface area (Å²) in [6, 6.07) is 5.01. The van der Waals surface area contributed by atoms with E-state index in [1.165, 1.54) is 16.9 Å². The van der Waals surface area contributed by atoms with Crippen LogP contribution in [0, 0.1) is 0 Å². The molecule has 1 atom stereocenters. The molecule has 8 heteroatoms. The summed E-state index contributed by atoms with van der Waals surface area (Å²) in [5.41, 5.74) is 6.76. The van der Waals surface area contributed by atoms with Gasteiger partial charge in [-0.1, -0.05) is 6.07 Å². The molecule has 144 valence electrons. The molecule has 0 spiro atoms. The van der Waals surface area contributed by atoms with Gasteiger partial charge in [0.25, 0.3) is 5.91 Å². The highest BCUT2D eigenvalue weighted by Crippen LogP contribution is 2.43. The van der Waals surface area contributed by atoms with Gasteiger partial charge in [-0.2, -0.15) is 18.3 Å². The minimum absolute atomic E-state index is 0.0365. The predicted molar refractivity (Wildman–Crippen MR) is 93.7 cm³/mol. The monoisotopic (exact) mass is 378 g/mol. The fraction of sp³-hybridized carbons (Fsp3) is 0.474. The third kappa shape index (κ3) is 3.58. The van der Waals surface area contributed by atoms with Gasteiger partial charge in [-0.3, -0.25) is 4.79 Å². The molecular formula is C19H21F3N4O. The molecule has 0 bridgehead atoms. The van der Waals surface area contributed by atoms with Gasteiger partial charge in [-0.25, -0.2) is 4.68 Å². The molecule has 1 saturated heterocycles. The Hall–Kier alpha value is -2.35. The zero-order valence-corrected chi connectivity index (χ0v) is 14.7. The standard InChI is InChI=1S/C19H21F3N4O/c20-19(21,22)13-3-1-5-15(9-13)26-17(12-6-7-12)16(10-24-26)18(27)25-8-2-4-14(23)11-25/h1,3,5,9-10,12,14H,2,4,6-8,11,23H2. The average molecular weight is 378 g/mol. The maximum Gasteiger partial charge on any atom is 0.416 e. The summed E-state index contributed by atoms with van der Waals surface area (Å²) in [6.07, 6.45) is 0.618. The van der Waals surface area contributed by atoms with Crippen molar-refractivity contribution >= 4 is 5.91 Å². The van der Waals surface area contributed by atoms with Crippen molar-refractivity contribution in [2.45, 2.75) is 43.8 Å². The lowest BCUT2D eigenvalue weighted by molar-refractivity contribution is -0.137. The van der Waals surface area contributed by atoms with Crippen molar-refractivity contribution in [3.63, 3.8) is 0 Å². The van der Waals surface area contributed by atoms with E-state index in [0.29, 0.717) is 30.0 Å². The number of alkyl halides is 3. The Morgan fingerprint density at radius 1 is 1.22 bits per heavy atom. The van der Waals surface area contributed by atoms with Crippen LogP contribution in [0.4, 0.5) is 13.2 Å². The summed E-state index contributed by atoms with van der Waals surface area (Å²) in [4.78, 5) is 14.7. The Labute approximate surface area is 154 Å². The second kappa shape index (κ2) is 6.67. The van der Waals surface area contributed by atoms with Crippen LogP contribution in [0.1, 0.15) is 53.2 Å². The second-order valence-corrected chi connectivity index (χ2v) is 7.33. The molecule has 2 heterocycles. The van der Waals surface area contributed by atoms with E-state index in [0.717, 1.165) is 37.8 Å². The number of carbonyl (C=O) groups excluding carboxylic acids is 1. The minimum atomic E-state index is -4.43. The highest BCUT2D eigenvalue weighted by Gasteiger charge is 2.36. The van der Waals surface area contributed by atoms with E-state index in [-0.39, 0.29) is 17.9 Å². The number of piperidine rings is 1. The number of carbonyl (C=O) groups is 1. The lowest BCUT2D eigenvalue weighted by atomic mass is 10.0. The lowest BCUT2D eigenvalue weighted by Crippen LogP contribution is -2.45. The molecular weight excluding hydrogens is 357 g/mol. The van der Waals surface area contributed by atoms with Crippen LogP contribution in [0.25, 0.3) is 5.69 Å². The summed E-state index contributed by atoms with van der Waals surface area (Å²) in [7, 11) is 0. The van der Waals surface area contributed by atoms with Gasteiger partial charge in [-0.15, -0.1) is 0 Å². The van der Waals surface area contributed by atoms with Crippen molar-refractivity contribution in [2.75, 3.05) is 13.1 Å². The normalized spacial score (nSPS) is 20.7. The molecule has 1 aromatic heterocycles. The van der Waals surface area contributed by atoms with Crippen molar-refractivity contribution in [1.82, 2.24) is 14.7 Å². The second-order valence-electron chi connectivity index (χ2n) is 7.33. The number of amides is 1. The number of likely N-dealkylation sites (tertiary alicyclic amines) is 1. The molecule has 2 fully saturated rings. The zero-order valence-electron chi connectivity index (χ0n) is 14.7. The number of nitrogens with two attached hydrogens (primary N) is 1. The third-order valence-corrected chi connectivity index (χ3v) is 5.16. The fourth-order valence-corrected chi connectivity index (χ4v) is 3.66. The van der Waals surface area contributed by atoms with Gasteiger partial charge >= 0.3 is 6.18 Å². The van der Waals surface area contributed by atoms with Gasteiger partial charge < -0.3 is 10.6 Å². The summed E-state index contributed by atoms with van der Waals surface area (Å²) in [6.45, 7) is 1.14. The quantitative estimate of drug-likeness (QED) is 0.891. The smallest absolute Gasteiger partial charge is 0.337 e. The molecule has 2 N–H and O–H groups in total. The SMILES string of the molecule is NC1CCCN(C(=O)c2cnn(-c3cccc(C(F)(F)F)c3)c2C2CC2)C1. The van der Waals surface area contributed by atoms with Crippen molar-refractivity contribution in [1.29, 1.82) is 0 Å². The van der Waals surface area contributed by atoms with Crippen LogP contribution in [0.5, 0.6) is 0 Å². The first-order chi connectivity index (χ1) is 12.8. The van der Waals surface area contributed by atoms with Crippen LogP contribution in [0.3, 0.4) is 0 Å². The van der Waals surface area contributed by atoms with E-state index in [2.05, 4.69) is 5.10 Å². The molecule has 1 aromatic carbocycles. The first-order valence-electron chi connectivity index (χ1n) is 9.15. The summed E-state index contributed by atoms with van der Waals surface area (Å²) >= 11 is 0. The molecule has 1 aliphatic heterocycles. The number of benzene rings is 1. The van der Waals surface area contributed by atoms with E-state index < -0.39 is 11.7 Å². The Morgan fingerprint density at radius 3 is 2.67 bits per heavy atom. The van der Waals surface area contributed by atoms with Crippen LogP contribution in [-0.2, 0) is 6.18 Å². The summed E-state index contributed by atoms with van der Waals surface area (Å²) in [5, 5.41) is 4.28. The fourth-order valence-electron chi connectivity index (χ4n) is 3.66. The number of hydrogen-bond acceptors (Lipinski definition) is 3. The Bertz CT molecular complexity index is 857. The Morgan fingerprint density at radius 2 is 2.00 bits per heavy atom. The van der Waals surface area contributed by atoms with E-state index >= 15 is 0 Å². The minimum Gasteiger partial charge on any atom is -0.337 e. The van der Waals surface area contributed by atoms with Gasteiger partial charge in [0.1, 0.15) is 0 Å². The molecule has 1 aliphatic carbocycles. The number of halogens is 3. The largest absolute Gasteiger partial charge is 0.416 e. The number of hydrogen-bond donors (Lipinski definition) is 1. The maximum atomic E-state index is 13.1. The predicted octanol–water partition coefficient (Wildman–Crippen LogP) is 3.33. The molecule has 2 aliphatic rings. The van der Waals surface area contributed by atoms with Crippen LogP contribution < -0.4 is 5.73 Å². The van der Waals surface area contributed by atoms with Crippen LogP contribution >= 0.6 is 0 Å². The highest BCUT2D eigenvalue weighted by atomic mass is 19.4. The number of aromatic nitrogens is 2. The maximum absolute atomic E-state index is 13.1. The molecule has 5 nitrogen and oxygen atoms in total. The van der Waals surface area contributed by atoms with E-state index in [9.17, 15) is 18.0 Å². The van der Waals surface area contributed by atoms with Gasteiger partial charge in [0.05, 0.1) is 28.7 Å². The van der Waals surface area contributed by atoms with Crippen molar-refractivity contribution in [3.05, 3.63) is 47.3 Å². The Balaban J connectivity index is 1.71. The van der Waals surface area contributed by atoms with E-state index in [1.807, 2.05) is 0 Å². The highest BCUT2D eigenvalue weighted by molar-refractivity contribution is 5.95. The average Bonchev–Trinajstić information content (AvgIpc) is 3.38. The van der Waals surface area contributed by atoms with Gasteiger partial charge in [0.2, 0.25) is 0 Å². The van der Waals surface area contributed by atoms with Crippen LogP contribution in [0.15, 0.2) is 30.5 Å². The molecule has 1 amide bonds. The van der Waals surface area contributed by atoms with Crippen molar-refractivity contribution < 1.29 is 18.0 Å². The first kappa shape index (κ1) is 18.0. The number of rotatable bonds is 3. The molecule has 27 heavy (non-hydrogen) atoms.